The van der Waals surface area contributed by atoms with Crippen molar-refractivity contribution in [3.05, 3.63) is 5.82 Å². The molecule has 0 saturated carbocycles. The monoisotopic (exact) mass is 282 g/mol. The average molecular weight is 282 g/mol. The van der Waals surface area contributed by atoms with Crippen molar-refractivity contribution in [2.45, 2.75) is 36.9 Å². The zero-order chi connectivity index (χ0) is 13.3. The molecule has 2 aliphatic heterocycles. The van der Waals surface area contributed by atoms with Crippen molar-refractivity contribution in [2.75, 3.05) is 25.4 Å². The van der Waals surface area contributed by atoms with Crippen LogP contribution in [0.15, 0.2) is 5.16 Å². The van der Waals surface area contributed by atoms with Gasteiger partial charge in [-0.05, 0) is 26.2 Å². The van der Waals surface area contributed by atoms with Gasteiger partial charge in [0, 0.05) is 13.1 Å². The summed E-state index contributed by atoms with van der Waals surface area (Å²) >= 11 is 1.39. The lowest BCUT2D eigenvalue weighted by Crippen LogP contribution is -2.53. The second-order valence-corrected chi connectivity index (χ2v) is 6.10. The van der Waals surface area contributed by atoms with Crippen molar-refractivity contribution < 1.29 is 9.53 Å². The van der Waals surface area contributed by atoms with Crippen LogP contribution in [-0.4, -0.2) is 57.0 Å². The molecule has 2 fully saturated rings. The van der Waals surface area contributed by atoms with Gasteiger partial charge in [0.05, 0.1) is 18.0 Å². The fourth-order valence-corrected chi connectivity index (χ4v) is 3.30. The summed E-state index contributed by atoms with van der Waals surface area (Å²) in [5.41, 5.74) is 0.102. The van der Waals surface area contributed by atoms with E-state index in [0.29, 0.717) is 10.9 Å². The van der Waals surface area contributed by atoms with E-state index in [4.69, 9.17) is 4.74 Å². The lowest BCUT2D eigenvalue weighted by molar-refractivity contribution is -0.175. The predicted octanol–water partition coefficient (Wildman–Crippen LogP) is 0.987. The summed E-state index contributed by atoms with van der Waals surface area (Å²) in [5.74, 6) is 1.35. The first kappa shape index (κ1) is 12.9. The number of H-pyrrole nitrogens is 1. The van der Waals surface area contributed by atoms with E-state index >= 15 is 0 Å². The molecular weight excluding hydrogens is 264 g/mol. The number of carbonyl (C=O) groups excluding carboxylic acids is 1. The van der Waals surface area contributed by atoms with Crippen molar-refractivity contribution in [3.8, 4) is 0 Å². The van der Waals surface area contributed by atoms with E-state index in [1.807, 2.05) is 11.8 Å². The Hall–Kier alpha value is -1.08. The van der Waals surface area contributed by atoms with Crippen LogP contribution in [0.5, 0.6) is 0 Å². The number of piperidine rings is 1. The Morgan fingerprint density at radius 1 is 1.47 bits per heavy atom. The molecule has 2 aliphatic rings. The zero-order valence-corrected chi connectivity index (χ0v) is 11.8. The first-order valence-corrected chi connectivity index (χ1v) is 7.59. The molecule has 1 aromatic heterocycles. The molecule has 1 amide bonds. The SMILES string of the molecule is Cc1nc(SCC(=O)N2CCC3(CCO3)CC2)n[nH]1. The van der Waals surface area contributed by atoms with Gasteiger partial charge in [-0.2, -0.15) is 0 Å². The molecule has 19 heavy (non-hydrogen) atoms. The molecule has 0 aromatic carbocycles. The number of hydrogen-bond donors (Lipinski definition) is 1. The van der Waals surface area contributed by atoms with Crippen LogP contribution in [0.25, 0.3) is 0 Å². The summed E-state index contributed by atoms with van der Waals surface area (Å²) in [6, 6.07) is 0. The van der Waals surface area contributed by atoms with Crippen LogP contribution in [0.1, 0.15) is 25.1 Å². The second-order valence-electron chi connectivity index (χ2n) is 5.15. The molecule has 0 atom stereocenters. The number of hydrogen-bond acceptors (Lipinski definition) is 5. The summed E-state index contributed by atoms with van der Waals surface area (Å²) in [7, 11) is 0. The lowest BCUT2D eigenvalue weighted by Gasteiger charge is -2.47. The van der Waals surface area contributed by atoms with Gasteiger partial charge in [-0.25, -0.2) is 4.98 Å². The smallest absolute Gasteiger partial charge is 0.233 e. The molecule has 2 saturated heterocycles. The van der Waals surface area contributed by atoms with Gasteiger partial charge >= 0.3 is 0 Å². The van der Waals surface area contributed by atoms with Gasteiger partial charge in [0.25, 0.3) is 0 Å². The summed E-state index contributed by atoms with van der Waals surface area (Å²) < 4.78 is 5.65. The van der Waals surface area contributed by atoms with Gasteiger partial charge in [0.2, 0.25) is 11.1 Å². The molecule has 1 aromatic rings. The highest BCUT2D eigenvalue weighted by molar-refractivity contribution is 7.99. The minimum atomic E-state index is 0.102. The zero-order valence-electron chi connectivity index (χ0n) is 11.0. The van der Waals surface area contributed by atoms with E-state index in [9.17, 15) is 4.79 Å². The molecule has 3 heterocycles. The standard InChI is InChI=1S/C12H18N4O2S/c1-9-13-11(15-14-9)19-8-10(17)16-5-2-12(3-6-16)4-7-18-12/h2-8H2,1H3,(H,13,14,15). The Kier molecular flexibility index (Phi) is 3.49. The number of likely N-dealkylation sites (tertiary alicyclic amines) is 1. The number of carbonyl (C=O) groups is 1. The van der Waals surface area contributed by atoms with Gasteiger partial charge in [0.1, 0.15) is 5.82 Å². The quantitative estimate of drug-likeness (QED) is 0.837. The third-order valence-corrected chi connectivity index (χ3v) is 4.73. The lowest BCUT2D eigenvalue weighted by atomic mass is 9.84. The van der Waals surface area contributed by atoms with Crippen molar-refractivity contribution >= 4 is 17.7 Å². The van der Waals surface area contributed by atoms with Gasteiger partial charge < -0.3 is 9.64 Å². The molecule has 0 unspecified atom stereocenters. The molecule has 0 radical (unpaired) electrons. The van der Waals surface area contributed by atoms with E-state index in [1.165, 1.54) is 11.8 Å². The van der Waals surface area contributed by atoms with E-state index in [2.05, 4.69) is 15.2 Å². The Morgan fingerprint density at radius 2 is 2.21 bits per heavy atom. The summed E-state index contributed by atoms with van der Waals surface area (Å²) in [6.07, 6.45) is 3.10. The summed E-state index contributed by atoms with van der Waals surface area (Å²) in [6.45, 7) is 4.36. The highest BCUT2D eigenvalue weighted by Crippen LogP contribution is 2.36. The third-order valence-electron chi connectivity index (χ3n) is 3.89. The Bertz CT molecular complexity index is 462. The molecule has 104 valence electrons. The molecule has 1 N–H and O–H groups in total. The summed E-state index contributed by atoms with van der Waals surface area (Å²) in [5, 5.41) is 7.43. The van der Waals surface area contributed by atoms with Crippen molar-refractivity contribution in [3.63, 3.8) is 0 Å². The first-order chi connectivity index (χ1) is 9.17. The van der Waals surface area contributed by atoms with Crippen LogP contribution < -0.4 is 0 Å². The highest BCUT2D eigenvalue weighted by atomic mass is 32.2. The molecular formula is C12H18N4O2S. The minimum Gasteiger partial charge on any atom is -0.375 e. The van der Waals surface area contributed by atoms with E-state index in [0.717, 1.165) is 44.8 Å². The number of thioether (sulfide) groups is 1. The maximum Gasteiger partial charge on any atom is 0.233 e. The number of rotatable bonds is 3. The summed E-state index contributed by atoms with van der Waals surface area (Å²) in [4.78, 5) is 18.2. The fourth-order valence-electron chi connectivity index (χ4n) is 2.55. The fraction of sp³-hybridized carbons (Fsp3) is 0.750. The maximum absolute atomic E-state index is 12.1. The molecule has 6 nitrogen and oxygen atoms in total. The number of aromatic nitrogens is 3. The van der Waals surface area contributed by atoms with Crippen LogP contribution in [0.4, 0.5) is 0 Å². The first-order valence-electron chi connectivity index (χ1n) is 6.60. The van der Waals surface area contributed by atoms with Crippen molar-refractivity contribution in [1.29, 1.82) is 0 Å². The van der Waals surface area contributed by atoms with Crippen LogP contribution in [0, 0.1) is 6.92 Å². The van der Waals surface area contributed by atoms with Gasteiger partial charge in [-0.1, -0.05) is 11.8 Å². The predicted molar refractivity (Wildman–Crippen MR) is 71.0 cm³/mol. The topological polar surface area (TPSA) is 71.1 Å². The highest BCUT2D eigenvalue weighted by Gasteiger charge is 2.41. The Morgan fingerprint density at radius 3 is 2.74 bits per heavy atom. The number of aromatic amines is 1. The van der Waals surface area contributed by atoms with Gasteiger partial charge in [0.15, 0.2) is 0 Å². The number of ether oxygens (including phenoxy) is 1. The minimum absolute atomic E-state index is 0.102. The average Bonchev–Trinajstić information content (AvgIpc) is 2.80. The normalized spacial score (nSPS) is 21.4. The van der Waals surface area contributed by atoms with Crippen LogP contribution >= 0.6 is 11.8 Å². The molecule has 7 heteroatoms. The van der Waals surface area contributed by atoms with Crippen molar-refractivity contribution in [2.24, 2.45) is 0 Å². The van der Waals surface area contributed by atoms with E-state index in [1.54, 1.807) is 0 Å². The van der Waals surface area contributed by atoms with Gasteiger partial charge in [-0.15, -0.1) is 5.10 Å². The molecule has 0 aliphatic carbocycles. The maximum atomic E-state index is 12.1. The van der Waals surface area contributed by atoms with Crippen LogP contribution in [-0.2, 0) is 9.53 Å². The number of amides is 1. The van der Waals surface area contributed by atoms with Gasteiger partial charge in [-0.3, -0.25) is 9.89 Å². The van der Waals surface area contributed by atoms with E-state index < -0.39 is 0 Å². The molecule has 1 spiro atoms. The van der Waals surface area contributed by atoms with Crippen LogP contribution in [0.3, 0.4) is 0 Å². The van der Waals surface area contributed by atoms with Crippen molar-refractivity contribution in [1.82, 2.24) is 20.1 Å². The Labute approximate surface area is 116 Å². The van der Waals surface area contributed by atoms with E-state index in [-0.39, 0.29) is 11.5 Å². The van der Waals surface area contributed by atoms with Crippen LogP contribution in [0.2, 0.25) is 0 Å². The second kappa shape index (κ2) is 5.13. The molecule has 3 rings (SSSR count). The largest absolute Gasteiger partial charge is 0.375 e. The Balaban J connectivity index is 1.46. The number of nitrogens with zero attached hydrogens (tertiary/aromatic N) is 3. The number of nitrogens with one attached hydrogen (secondary N) is 1. The number of aryl methyl sites for hydroxylation is 1. The molecule has 0 bridgehead atoms. The third kappa shape index (κ3) is 2.76.